The first-order chi connectivity index (χ1) is 9.00. The van der Waals surface area contributed by atoms with Crippen LogP contribution >= 0.6 is 0 Å². The van der Waals surface area contributed by atoms with E-state index < -0.39 is 5.97 Å². The molecule has 0 atom stereocenters. The summed E-state index contributed by atoms with van der Waals surface area (Å²) in [6.45, 7) is 7.43. The zero-order valence-corrected chi connectivity index (χ0v) is 11.9. The van der Waals surface area contributed by atoms with E-state index in [1.165, 1.54) is 0 Å². The third-order valence-electron chi connectivity index (χ3n) is 2.74. The first-order valence-corrected chi connectivity index (χ1v) is 6.70. The molecule has 0 saturated heterocycles. The van der Waals surface area contributed by atoms with E-state index in [0.717, 1.165) is 31.6 Å². The molecule has 19 heavy (non-hydrogen) atoms. The van der Waals surface area contributed by atoms with Crippen molar-refractivity contribution in [1.29, 1.82) is 0 Å². The largest absolute Gasteiger partial charge is 0.478 e. The number of nitrogens with one attached hydrogen (secondary N) is 1. The maximum absolute atomic E-state index is 11.1. The molecule has 0 aliphatic carbocycles. The van der Waals surface area contributed by atoms with Crippen molar-refractivity contribution in [3.05, 3.63) is 29.3 Å². The van der Waals surface area contributed by atoms with E-state index >= 15 is 0 Å². The summed E-state index contributed by atoms with van der Waals surface area (Å²) in [5, 5.41) is 12.3. The Morgan fingerprint density at radius 3 is 2.74 bits per heavy atom. The van der Waals surface area contributed by atoms with Crippen molar-refractivity contribution < 1.29 is 14.6 Å². The molecular weight excluding hydrogens is 242 g/mol. The molecule has 106 valence electrons. The normalized spacial score (nSPS) is 10.7. The second-order valence-corrected chi connectivity index (χ2v) is 4.91. The lowest BCUT2D eigenvalue weighted by Gasteiger charge is -2.11. The van der Waals surface area contributed by atoms with Crippen molar-refractivity contribution in [2.45, 2.75) is 39.7 Å². The van der Waals surface area contributed by atoms with Gasteiger partial charge in [-0.15, -0.1) is 0 Å². The van der Waals surface area contributed by atoms with Gasteiger partial charge in [0.15, 0.2) is 0 Å². The molecule has 2 N–H and O–H groups in total. The van der Waals surface area contributed by atoms with Crippen LogP contribution in [0.1, 0.15) is 42.6 Å². The fraction of sp³-hybridized carbons (Fsp3) is 0.533. The van der Waals surface area contributed by atoms with E-state index in [4.69, 9.17) is 9.84 Å². The summed E-state index contributed by atoms with van der Waals surface area (Å²) in [7, 11) is 0. The summed E-state index contributed by atoms with van der Waals surface area (Å²) in [5.74, 6) is -0.894. The third kappa shape index (κ3) is 5.75. The van der Waals surface area contributed by atoms with Gasteiger partial charge in [-0.1, -0.05) is 11.6 Å². The summed E-state index contributed by atoms with van der Waals surface area (Å²) in [6, 6.07) is 5.42. The Labute approximate surface area is 114 Å². The highest BCUT2D eigenvalue weighted by Crippen LogP contribution is 2.17. The van der Waals surface area contributed by atoms with E-state index in [1.54, 1.807) is 6.07 Å². The number of unbranched alkanes of at least 4 members (excludes halogenated alkanes) is 1. The van der Waals surface area contributed by atoms with E-state index in [-0.39, 0.29) is 6.10 Å². The zero-order valence-electron chi connectivity index (χ0n) is 11.9. The summed E-state index contributed by atoms with van der Waals surface area (Å²) >= 11 is 0. The molecule has 0 spiro atoms. The van der Waals surface area contributed by atoms with Crippen LogP contribution in [-0.2, 0) is 4.74 Å². The summed E-state index contributed by atoms with van der Waals surface area (Å²) in [5.41, 5.74) is 1.97. The van der Waals surface area contributed by atoms with Crippen molar-refractivity contribution in [3.8, 4) is 0 Å². The Bertz CT molecular complexity index is 416. The van der Waals surface area contributed by atoms with Gasteiger partial charge in [-0.3, -0.25) is 0 Å². The molecule has 0 unspecified atom stereocenters. The number of anilines is 1. The van der Waals surface area contributed by atoms with Gasteiger partial charge in [-0.25, -0.2) is 4.79 Å². The second-order valence-electron chi connectivity index (χ2n) is 4.91. The van der Waals surface area contributed by atoms with Gasteiger partial charge in [-0.2, -0.15) is 0 Å². The van der Waals surface area contributed by atoms with E-state index in [1.807, 2.05) is 32.9 Å². The Morgan fingerprint density at radius 1 is 1.37 bits per heavy atom. The average molecular weight is 265 g/mol. The molecule has 0 aliphatic heterocycles. The minimum Gasteiger partial charge on any atom is -0.478 e. The van der Waals surface area contributed by atoms with Gasteiger partial charge < -0.3 is 15.2 Å². The number of hydrogen-bond acceptors (Lipinski definition) is 3. The number of carbonyl (C=O) groups is 1. The number of hydrogen-bond donors (Lipinski definition) is 2. The lowest BCUT2D eigenvalue weighted by atomic mass is 10.1. The van der Waals surface area contributed by atoms with Crippen LogP contribution in [0.25, 0.3) is 0 Å². The predicted molar refractivity (Wildman–Crippen MR) is 77.0 cm³/mol. The molecular formula is C15H23NO3. The molecule has 0 bridgehead atoms. The van der Waals surface area contributed by atoms with Crippen molar-refractivity contribution in [1.82, 2.24) is 0 Å². The van der Waals surface area contributed by atoms with Gasteiger partial charge in [0.1, 0.15) is 0 Å². The number of ether oxygens (including phenoxy) is 1. The molecule has 0 amide bonds. The number of aryl methyl sites for hydroxylation is 1. The molecule has 1 aromatic rings. The molecule has 0 radical (unpaired) electrons. The van der Waals surface area contributed by atoms with Crippen molar-refractivity contribution >= 4 is 11.7 Å². The van der Waals surface area contributed by atoms with Crippen LogP contribution < -0.4 is 5.32 Å². The fourth-order valence-electron chi connectivity index (χ4n) is 1.76. The Morgan fingerprint density at radius 2 is 2.11 bits per heavy atom. The first-order valence-electron chi connectivity index (χ1n) is 6.70. The maximum atomic E-state index is 11.1. The Hall–Kier alpha value is -1.55. The quantitative estimate of drug-likeness (QED) is 0.708. The number of aromatic carboxylic acids is 1. The molecule has 0 aromatic heterocycles. The molecule has 1 rings (SSSR count). The summed E-state index contributed by atoms with van der Waals surface area (Å²) < 4.78 is 5.45. The minimum absolute atomic E-state index is 0.267. The standard InChI is InChI=1S/C15H23NO3/c1-11(2)19-9-5-4-8-16-14-7-6-12(3)10-13(14)15(17)18/h6-7,10-11,16H,4-5,8-9H2,1-3H3,(H,17,18). The molecule has 0 saturated carbocycles. The van der Waals surface area contributed by atoms with Crippen molar-refractivity contribution in [2.24, 2.45) is 0 Å². The highest BCUT2D eigenvalue weighted by Gasteiger charge is 2.09. The monoisotopic (exact) mass is 265 g/mol. The van der Waals surface area contributed by atoms with E-state index in [0.29, 0.717) is 11.3 Å². The van der Waals surface area contributed by atoms with E-state index in [9.17, 15) is 4.79 Å². The number of carboxylic acids is 1. The van der Waals surface area contributed by atoms with Crippen LogP contribution in [0.4, 0.5) is 5.69 Å². The number of rotatable bonds is 8. The third-order valence-corrected chi connectivity index (χ3v) is 2.74. The van der Waals surface area contributed by atoms with E-state index in [2.05, 4.69) is 5.32 Å². The smallest absolute Gasteiger partial charge is 0.337 e. The first kappa shape index (κ1) is 15.5. The zero-order chi connectivity index (χ0) is 14.3. The summed E-state index contributed by atoms with van der Waals surface area (Å²) in [6.07, 6.45) is 2.20. The molecule has 4 nitrogen and oxygen atoms in total. The molecule has 0 heterocycles. The molecule has 0 fully saturated rings. The van der Waals surface area contributed by atoms with Gasteiger partial charge >= 0.3 is 5.97 Å². The van der Waals surface area contributed by atoms with Crippen LogP contribution in [0.3, 0.4) is 0 Å². The minimum atomic E-state index is -0.894. The van der Waals surface area contributed by atoms with Gasteiger partial charge in [0.2, 0.25) is 0 Å². The van der Waals surface area contributed by atoms with Gasteiger partial charge in [0.05, 0.1) is 11.7 Å². The second kappa shape index (κ2) is 7.79. The SMILES string of the molecule is Cc1ccc(NCCCCOC(C)C)c(C(=O)O)c1. The highest BCUT2D eigenvalue weighted by molar-refractivity contribution is 5.94. The lowest BCUT2D eigenvalue weighted by molar-refractivity contribution is 0.0697. The number of carboxylic acid groups (broad SMARTS) is 1. The predicted octanol–water partition coefficient (Wildman–Crippen LogP) is 3.31. The van der Waals surface area contributed by atoms with Gasteiger partial charge in [0.25, 0.3) is 0 Å². The van der Waals surface area contributed by atoms with Gasteiger partial charge in [-0.05, 0) is 45.7 Å². The summed E-state index contributed by atoms with van der Waals surface area (Å²) in [4.78, 5) is 11.1. The lowest BCUT2D eigenvalue weighted by Crippen LogP contribution is -2.09. The number of benzene rings is 1. The maximum Gasteiger partial charge on any atom is 0.337 e. The van der Waals surface area contributed by atoms with Crippen LogP contribution in [0.5, 0.6) is 0 Å². The van der Waals surface area contributed by atoms with Crippen LogP contribution in [0.2, 0.25) is 0 Å². The highest BCUT2D eigenvalue weighted by atomic mass is 16.5. The topological polar surface area (TPSA) is 58.6 Å². The fourth-order valence-corrected chi connectivity index (χ4v) is 1.76. The Balaban J connectivity index is 2.39. The van der Waals surface area contributed by atoms with Crippen molar-refractivity contribution in [2.75, 3.05) is 18.5 Å². The van der Waals surface area contributed by atoms with Crippen LogP contribution in [-0.4, -0.2) is 30.3 Å². The van der Waals surface area contributed by atoms with Crippen molar-refractivity contribution in [3.63, 3.8) is 0 Å². The Kier molecular flexibility index (Phi) is 6.36. The van der Waals surface area contributed by atoms with Gasteiger partial charge in [0, 0.05) is 18.8 Å². The molecule has 0 aliphatic rings. The molecule has 4 heteroatoms. The molecule has 1 aromatic carbocycles. The average Bonchev–Trinajstić information content (AvgIpc) is 2.34. The van der Waals surface area contributed by atoms with Crippen LogP contribution in [0, 0.1) is 6.92 Å². The van der Waals surface area contributed by atoms with Crippen LogP contribution in [0.15, 0.2) is 18.2 Å².